The Morgan fingerprint density at radius 2 is 2.13 bits per heavy atom. The van der Waals surface area contributed by atoms with Crippen LogP contribution in [0.25, 0.3) is 10.9 Å². The van der Waals surface area contributed by atoms with Gasteiger partial charge in [0.05, 0.1) is 12.7 Å². The Kier molecular flexibility index (Phi) is 2.40. The molecule has 0 atom stereocenters. The minimum absolute atomic E-state index is 0.374. The molecule has 0 aliphatic rings. The van der Waals surface area contributed by atoms with E-state index >= 15 is 0 Å². The number of H-pyrrole nitrogens is 1. The molecule has 0 unspecified atom stereocenters. The third-order valence-corrected chi connectivity index (χ3v) is 2.46. The smallest absolute Gasteiger partial charge is 0.338 e. The molecule has 0 aliphatic carbocycles. The highest BCUT2D eigenvalue weighted by atomic mass is 35.5. The van der Waals surface area contributed by atoms with Crippen LogP contribution >= 0.6 is 11.6 Å². The van der Waals surface area contributed by atoms with E-state index in [1.807, 2.05) is 13.0 Å². The van der Waals surface area contributed by atoms with Gasteiger partial charge in [0.2, 0.25) is 0 Å². The number of halogens is 1. The highest BCUT2D eigenvalue weighted by molar-refractivity contribution is 6.32. The highest BCUT2D eigenvalue weighted by Crippen LogP contribution is 2.25. The zero-order valence-corrected chi connectivity index (χ0v) is 9.18. The molecule has 1 N–H and O–H groups in total. The first-order chi connectivity index (χ1) is 7.11. The lowest BCUT2D eigenvalue weighted by atomic mass is 10.1. The quantitative estimate of drug-likeness (QED) is 0.756. The largest absolute Gasteiger partial charge is 0.465 e. The van der Waals surface area contributed by atoms with Gasteiger partial charge < -0.3 is 9.72 Å². The highest BCUT2D eigenvalue weighted by Gasteiger charge is 2.13. The minimum Gasteiger partial charge on any atom is -0.465 e. The van der Waals surface area contributed by atoms with Crippen LogP contribution in [-0.4, -0.2) is 18.1 Å². The molecule has 0 spiro atoms. The van der Waals surface area contributed by atoms with E-state index in [-0.39, 0.29) is 5.97 Å². The molecule has 1 aromatic heterocycles. The Bertz CT molecular complexity index is 531. The Morgan fingerprint density at radius 3 is 2.80 bits per heavy atom. The van der Waals surface area contributed by atoms with E-state index in [1.54, 1.807) is 12.1 Å². The molecule has 1 heterocycles. The summed E-state index contributed by atoms with van der Waals surface area (Å²) in [6, 6.07) is 5.30. The molecule has 0 amide bonds. The van der Waals surface area contributed by atoms with E-state index in [0.29, 0.717) is 10.6 Å². The van der Waals surface area contributed by atoms with Crippen molar-refractivity contribution in [3.8, 4) is 0 Å². The molecule has 2 rings (SSSR count). The van der Waals surface area contributed by atoms with Gasteiger partial charge in [-0.1, -0.05) is 11.6 Å². The summed E-state index contributed by atoms with van der Waals surface area (Å²) < 4.78 is 4.70. The third-order valence-electron chi connectivity index (χ3n) is 2.24. The number of hydrogen-bond donors (Lipinski definition) is 1. The summed E-state index contributed by atoms with van der Waals surface area (Å²) >= 11 is 5.91. The van der Waals surface area contributed by atoms with Crippen molar-refractivity contribution in [2.24, 2.45) is 0 Å². The summed E-state index contributed by atoms with van der Waals surface area (Å²) in [5.74, 6) is -0.374. The van der Waals surface area contributed by atoms with Crippen LogP contribution in [0.4, 0.5) is 0 Å². The van der Waals surface area contributed by atoms with Crippen molar-refractivity contribution in [3.05, 3.63) is 34.5 Å². The van der Waals surface area contributed by atoms with Crippen molar-refractivity contribution in [1.29, 1.82) is 0 Å². The second-order valence-electron chi connectivity index (χ2n) is 3.36. The Morgan fingerprint density at radius 1 is 1.40 bits per heavy atom. The first-order valence-corrected chi connectivity index (χ1v) is 4.87. The summed E-state index contributed by atoms with van der Waals surface area (Å²) in [5.41, 5.74) is 2.32. The second kappa shape index (κ2) is 3.59. The lowest BCUT2D eigenvalue weighted by molar-refractivity contribution is 0.0603. The fourth-order valence-electron chi connectivity index (χ4n) is 1.62. The standard InChI is InChI=1S/C11H10ClNO2/c1-6-3-8-9(11(14)15-2)4-7(12)5-10(8)13-6/h3-5,13H,1-2H3. The summed E-state index contributed by atoms with van der Waals surface area (Å²) in [6.07, 6.45) is 0. The molecular weight excluding hydrogens is 214 g/mol. The number of carbonyl (C=O) groups is 1. The van der Waals surface area contributed by atoms with Gasteiger partial charge in [0.25, 0.3) is 0 Å². The molecule has 0 bridgehead atoms. The fraction of sp³-hybridized carbons (Fsp3) is 0.182. The van der Waals surface area contributed by atoms with E-state index in [4.69, 9.17) is 16.3 Å². The summed E-state index contributed by atoms with van der Waals surface area (Å²) in [5, 5.41) is 1.36. The van der Waals surface area contributed by atoms with Crippen LogP contribution in [-0.2, 0) is 4.74 Å². The SMILES string of the molecule is COC(=O)c1cc(Cl)cc2[nH]c(C)cc12. The Labute approximate surface area is 92.0 Å². The van der Waals surface area contributed by atoms with Crippen LogP contribution in [0, 0.1) is 6.92 Å². The normalized spacial score (nSPS) is 10.6. The van der Waals surface area contributed by atoms with E-state index in [2.05, 4.69) is 4.98 Å². The summed E-state index contributed by atoms with van der Waals surface area (Å²) in [7, 11) is 1.36. The van der Waals surface area contributed by atoms with Gasteiger partial charge in [-0.15, -0.1) is 0 Å². The minimum atomic E-state index is -0.374. The maximum absolute atomic E-state index is 11.5. The van der Waals surface area contributed by atoms with Gasteiger partial charge in [-0.25, -0.2) is 4.79 Å². The topological polar surface area (TPSA) is 42.1 Å². The number of rotatable bonds is 1. The molecule has 0 saturated carbocycles. The number of ether oxygens (including phenoxy) is 1. The van der Waals surface area contributed by atoms with Crippen LogP contribution in [0.5, 0.6) is 0 Å². The molecule has 15 heavy (non-hydrogen) atoms. The van der Waals surface area contributed by atoms with Gasteiger partial charge in [-0.2, -0.15) is 0 Å². The molecule has 0 aliphatic heterocycles. The van der Waals surface area contributed by atoms with Crippen molar-refractivity contribution in [3.63, 3.8) is 0 Å². The summed E-state index contributed by atoms with van der Waals surface area (Å²) in [4.78, 5) is 14.6. The van der Waals surface area contributed by atoms with Crippen molar-refractivity contribution in [1.82, 2.24) is 4.98 Å². The zero-order valence-electron chi connectivity index (χ0n) is 8.43. The predicted octanol–water partition coefficient (Wildman–Crippen LogP) is 2.92. The number of aromatic amines is 1. The number of aromatic nitrogens is 1. The fourth-order valence-corrected chi connectivity index (χ4v) is 1.84. The number of benzene rings is 1. The molecule has 1 aromatic carbocycles. The molecule has 4 heteroatoms. The summed E-state index contributed by atoms with van der Waals surface area (Å²) in [6.45, 7) is 1.93. The van der Waals surface area contributed by atoms with Crippen LogP contribution < -0.4 is 0 Å². The zero-order chi connectivity index (χ0) is 11.0. The van der Waals surface area contributed by atoms with Crippen molar-refractivity contribution in [2.45, 2.75) is 6.92 Å². The first kappa shape index (κ1) is 10.1. The molecule has 0 fully saturated rings. The Balaban J connectivity index is 2.75. The Hall–Kier alpha value is -1.48. The van der Waals surface area contributed by atoms with Gasteiger partial charge in [-0.05, 0) is 25.1 Å². The van der Waals surface area contributed by atoms with E-state index in [9.17, 15) is 4.79 Å². The maximum Gasteiger partial charge on any atom is 0.338 e. The molecule has 3 nitrogen and oxygen atoms in total. The molecule has 0 radical (unpaired) electrons. The van der Waals surface area contributed by atoms with Crippen LogP contribution in [0.3, 0.4) is 0 Å². The van der Waals surface area contributed by atoms with Crippen LogP contribution in [0.15, 0.2) is 18.2 Å². The van der Waals surface area contributed by atoms with Crippen molar-refractivity contribution < 1.29 is 9.53 Å². The third kappa shape index (κ3) is 1.70. The van der Waals surface area contributed by atoms with E-state index in [0.717, 1.165) is 16.6 Å². The van der Waals surface area contributed by atoms with Gasteiger partial charge >= 0.3 is 5.97 Å². The van der Waals surface area contributed by atoms with Crippen molar-refractivity contribution >= 4 is 28.5 Å². The predicted molar refractivity (Wildman–Crippen MR) is 59.4 cm³/mol. The average molecular weight is 224 g/mol. The van der Waals surface area contributed by atoms with E-state index < -0.39 is 0 Å². The lowest BCUT2D eigenvalue weighted by Gasteiger charge is -2.01. The number of fused-ring (bicyclic) bond motifs is 1. The van der Waals surface area contributed by atoms with Crippen LogP contribution in [0.1, 0.15) is 16.1 Å². The maximum atomic E-state index is 11.5. The van der Waals surface area contributed by atoms with Gasteiger partial charge in [-0.3, -0.25) is 0 Å². The van der Waals surface area contributed by atoms with Gasteiger partial charge in [0.1, 0.15) is 0 Å². The molecular formula is C11H10ClNO2. The molecule has 2 aromatic rings. The number of aryl methyl sites for hydroxylation is 1. The number of hydrogen-bond acceptors (Lipinski definition) is 2. The number of nitrogens with one attached hydrogen (secondary N) is 1. The van der Waals surface area contributed by atoms with Crippen molar-refractivity contribution in [2.75, 3.05) is 7.11 Å². The average Bonchev–Trinajstić information content (AvgIpc) is 2.55. The number of methoxy groups -OCH3 is 1. The molecule has 78 valence electrons. The monoisotopic (exact) mass is 223 g/mol. The number of carbonyl (C=O) groups excluding carboxylic acids is 1. The first-order valence-electron chi connectivity index (χ1n) is 4.49. The molecule has 0 saturated heterocycles. The second-order valence-corrected chi connectivity index (χ2v) is 3.79. The van der Waals surface area contributed by atoms with Gasteiger partial charge in [0, 0.05) is 21.6 Å². The number of esters is 1. The van der Waals surface area contributed by atoms with Crippen LogP contribution in [0.2, 0.25) is 5.02 Å². The van der Waals surface area contributed by atoms with E-state index in [1.165, 1.54) is 7.11 Å². The lowest BCUT2D eigenvalue weighted by Crippen LogP contribution is -2.01. The van der Waals surface area contributed by atoms with Gasteiger partial charge in [0.15, 0.2) is 0 Å².